The van der Waals surface area contributed by atoms with Gasteiger partial charge in [-0.2, -0.15) is 5.10 Å². The molecule has 0 aliphatic carbocycles. The van der Waals surface area contributed by atoms with Crippen molar-refractivity contribution in [3.8, 4) is 5.75 Å². The summed E-state index contributed by atoms with van der Waals surface area (Å²) in [4.78, 5) is 0. The molecule has 1 aromatic carbocycles. The third kappa shape index (κ3) is 3.14. The van der Waals surface area contributed by atoms with Crippen molar-refractivity contribution in [3.63, 3.8) is 0 Å². The van der Waals surface area contributed by atoms with Crippen molar-refractivity contribution >= 4 is 11.6 Å². The van der Waals surface area contributed by atoms with Gasteiger partial charge in [0, 0.05) is 13.1 Å². The summed E-state index contributed by atoms with van der Waals surface area (Å²) >= 11 is 6.35. The Morgan fingerprint density at radius 1 is 1.35 bits per heavy atom. The number of hydrogen-bond donors (Lipinski definition) is 1. The molecule has 2 aromatic rings. The van der Waals surface area contributed by atoms with Crippen LogP contribution >= 0.6 is 11.6 Å². The lowest BCUT2D eigenvalue weighted by atomic mass is 10.2. The van der Waals surface area contributed by atoms with Crippen LogP contribution < -0.4 is 10.5 Å². The van der Waals surface area contributed by atoms with Gasteiger partial charge in [0.05, 0.1) is 16.4 Å². The van der Waals surface area contributed by atoms with E-state index < -0.39 is 0 Å². The third-order valence-electron chi connectivity index (χ3n) is 3.20. The largest absolute Gasteiger partial charge is 0.487 e. The molecule has 0 aliphatic rings. The molecule has 0 amide bonds. The monoisotopic (exact) mass is 293 g/mol. The molecule has 0 saturated heterocycles. The maximum absolute atomic E-state index is 6.35. The molecule has 4 nitrogen and oxygen atoms in total. The fourth-order valence-corrected chi connectivity index (χ4v) is 2.39. The summed E-state index contributed by atoms with van der Waals surface area (Å²) in [6.07, 6.45) is 0.821. The van der Waals surface area contributed by atoms with Gasteiger partial charge >= 0.3 is 0 Å². The number of hydrogen-bond acceptors (Lipinski definition) is 3. The number of halogens is 1. The van der Waals surface area contributed by atoms with Crippen molar-refractivity contribution in [3.05, 3.63) is 46.2 Å². The van der Waals surface area contributed by atoms with Gasteiger partial charge in [0.1, 0.15) is 12.4 Å². The van der Waals surface area contributed by atoms with Gasteiger partial charge in [-0.3, -0.25) is 4.68 Å². The third-order valence-corrected chi connectivity index (χ3v) is 3.64. The zero-order valence-electron chi connectivity index (χ0n) is 11.9. The molecular weight excluding hydrogens is 274 g/mol. The number of benzene rings is 1. The van der Waals surface area contributed by atoms with Crippen LogP contribution in [0.3, 0.4) is 0 Å². The Hall–Kier alpha value is -1.52. The van der Waals surface area contributed by atoms with Gasteiger partial charge in [-0.1, -0.05) is 30.7 Å². The maximum atomic E-state index is 6.35. The molecule has 2 N–H and O–H groups in total. The maximum Gasteiger partial charge on any atom is 0.131 e. The van der Waals surface area contributed by atoms with E-state index in [0.29, 0.717) is 18.2 Å². The van der Waals surface area contributed by atoms with Crippen molar-refractivity contribution in [1.82, 2.24) is 9.78 Å². The van der Waals surface area contributed by atoms with Gasteiger partial charge in [0.2, 0.25) is 0 Å². The summed E-state index contributed by atoms with van der Waals surface area (Å²) in [6.45, 7) is 5.78. The Bertz CT molecular complexity index is 580. The summed E-state index contributed by atoms with van der Waals surface area (Å²) < 4.78 is 7.71. The molecule has 0 unspecified atom stereocenters. The minimum atomic E-state index is 0.410. The first-order chi connectivity index (χ1) is 9.69. The number of rotatable bonds is 6. The van der Waals surface area contributed by atoms with Crippen LogP contribution in [0.4, 0.5) is 0 Å². The van der Waals surface area contributed by atoms with Gasteiger partial charge in [-0.05, 0) is 31.0 Å². The highest BCUT2D eigenvalue weighted by atomic mass is 35.5. The highest BCUT2D eigenvalue weighted by Gasteiger charge is 2.14. The topological polar surface area (TPSA) is 53.1 Å². The van der Waals surface area contributed by atoms with Gasteiger partial charge < -0.3 is 10.5 Å². The second-order valence-corrected chi connectivity index (χ2v) is 4.89. The van der Waals surface area contributed by atoms with E-state index in [2.05, 4.69) is 5.10 Å². The zero-order valence-corrected chi connectivity index (χ0v) is 12.7. The average Bonchev–Trinajstić information content (AvgIpc) is 2.81. The normalized spacial score (nSPS) is 10.8. The van der Waals surface area contributed by atoms with Crippen LogP contribution in [-0.2, 0) is 26.1 Å². The first-order valence-corrected chi connectivity index (χ1v) is 7.23. The van der Waals surface area contributed by atoms with E-state index in [1.54, 1.807) is 0 Å². The van der Waals surface area contributed by atoms with Crippen molar-refractivity contribution < 1.29 is 4.74 Å². The van der Waals surface area contributed by atoms with E-state index in [0.717, 1.165) is 35.7 Å². The lowest BCUT2D eigenvalue weighted by molar-refractivity contribution is 0.292. The summed E-state index contributed by atoms with van der Waals surface area (Å²) in [5, 5.41) is 5.19. The zero-order chi connectivity index (χ0) is 14.5. The number of aromatic nitrogens is 2. The number of aryl methyl sites for hydroxylation is 2. The Morgan fingerprint density at radius 2 is 2.15 bits per heavy atom. The molecule has 0 spiro atoms. The number of nitrogens with two attached hydrogens (primary N) is 1. The van der Waals surface area contributed by atoms with E-state index in [1.165, 1.54) is 0 Å². The quantitative estimate of drug-likeness (QED) is 0.890. The van der Waals surface area contributed by atoms with Gasteiger partial charge in [0.25, 0.3) is 0 Å². The predicted octanol–water partition coefficient (Wildman–Crippen LogP) is 3.16. The number of ether oxygens (including phenoxy) is 1. The van der Waals surface area contributed by atoms with E-state index in [1.807, 2.05) is 42.8 Å². The van der Waals surface area contributed by atoms with Crippen LogP contribution in [0, 0.1) is 0 Å². The minimum absolute atomic E-state index is 0.410. The van der Waals surface area contributed by atoms with E-state index in [-0.39, 0.29) is 0 Å². The second-order valence-electron chi connectivity index (χ2n) is 4.52. The fourth-order valence-electron chi connectivity index (χ4n) is 2.07. The molecule has 0 atom stereocenters. The van der Waals surface area contributed by atoms with Gasteiger partial charge in [-0.25, -0.2) is 0 Å². The van der Waals surface area contributed by atoms with Crippen LogP contribution in [0.1, 0.15) is 30.8 Å². The Balaban J connectivity index is 2.15. The predicted molar refractivity (Wildman–Crippen MR) is 81.0 cm³/mol. The van der Waals surface area contributed by atoms with Gasteiger partial charge in [-0.15, -0.1) is 0 Å². The van der Waals surface area contributed by atoms with Crippen molar-refractivity contribution in [2.24, 2.45) is 5.73 Å². The van der Waals surface area contributed by atoms with Crippen LogP contribution in [0.2, 0.25) is 5.02 Å². The Labute approximate surface area is 124 Å². The molecule has 2 rings (SSSR count). The number of nitrogens with zero attached hydrogens (tertiary/aromatic N) is 2. The van der Waals surface area contributed by atoms with Crippen molar-refractivity contribution in [2.45, 2.75) is 40.0 Å². The lowest BCUT2D eigenvalue weighted by Gasteiger charge is -2.09. The van der Waals surface area contributed by atoms with Crippen LogP contribution in [0.25, 0.3) is 0 Å². The molecule has 108 valence electrons. The van der Waals surface area contributed by atoms with E-state index in [9.17, 15) is 0 Å². The fraction of sp³-hybridized carbons (Fsp3) is 0.400. The molecule has 0 fully saturated rings. The second kappa shape index (κ2) is 6.77. The first kappa shape index (κ1) is 14.9. The molecule has 1 heterocycles. The molecular formula is C15H20ClN3O. The molecule has 0 radical (unpaired) electrons. The molecule has 1 aromatic heterocycles. The SMILES string of the molecule is CCc1nn(CC)c(COc2cccc(CN)c2)c1Cl. The summed E-state index contributed by atoms with van der Waals surface area (Å²) in [5.41, 5.74) is 8.51. The Morgan fingerprint density at radius 3 is 2.80 bits per heavy atom. The smallest absolute Gasteiger partial charge is 0.131 e. The molecule has 0 bridgehead atoms. The Kier molecular flexibility index (Phi) is 5.04. The van der Waals surface area contributed by atoms with E-state index in [4.69, 9.17) is 22.1 Å². The molecule has 5 heteroatoms. The van der Waals surface area contributed by atoms with Crippen LogP contribution in [0.5, 0.6) is 5.75 Å². The standard InChI is InChI=1S/C15H20ClN3O/c1-3-13-15(16)14(19(4-2)18-13)10-20-12-7-5-6-11(8-12)9-17/h5-8H,3-4,9-10,17H2,1-2H3. The van der Waals surface area contributed by atoms with E-state index >= 15 is 0 Å². The highest BCUT2D eigenvalue weighted by Crippen LogP contribution is 2.23. The molecule has 0 saturated carbocycles. The van der Waals surface area contributed by atoms with Crippen molar-refractivity contribution in [1.29, 1.82) is 0 Å². The lowest BCUT2D eigenvalue weighted by Crippen LogP contribution is -2.07. The van der Waals surface area contributed by atoms with Crippen LogP contribution in [0.15, 0.2) is 24.3 Å². The highest BCUT2D eigenvalue weighted by molar-refractivity contribution is 6.31. The first-order valence-electron chi connectivity index (χ1n) is 6.85. The average molecular weight is 294 g/mol. The van der Waals surface area contributed by atoms with Crippen LogP contribution in [-0.4, -0.2) is 9.78 Å². The van der Waals surface area contributed by atoms with Crippen molar-refractivity contribution in [2.75, 3.05) is 0 Å². The van der Waals surface area contributed by atoms with Gasteiger partial charge in [0.15, 0.2) is 0 Å². The molecule has 20 heavy (non-hydrogen) atoms. The molecule has 0 aliphatic heterocycles. The minimum Gasteiger partial charge on any atom is -0.487 e. The summed E-state index contributed by atoms with van der Waals surface area (Å²) in [6, 6.07) is 7.78. The summed E-state index contributed by atoms with van der Waals surface area (Å²) in [7, 11) is 0. The summed E-state index contributed by atoms with van der Waals surface area (Å²) in [5.74, 6) is 0.797.